The van der Waals surface area contributed by atoms with Gasteiger partial charge in [0.1, 0.15) is 11.8 Å². The van der Waals surface area contributed by atoms with Crippen LogP contribution in [0, 0.1) is 0 Å². The Labute approximate surface area is 79.8 Å². The van der Waals surface area contributed by atoms with E-state index in [4.69, 9.17) is 4.84 Å². The van der Waals surface area contributed by atoms with Crippen molar-refractivity contribution in [2.24, 2.45) is 0 Å². The third-order valence-corrected chi connectivity index (χ3v) is 1.76. The van der Waals surface area contributed by atoms with Crippen LogP contribution in [0.5, 0.6) is 0 Å². The molecular formula is C9H8N2O3. The van der Waals surface area contributed by atoms with Crippen LogP contribution >= 0.6 is 0 Å². The summed E-state index contributed by atoms with van der Waals surface area (Å²) in [5.74, 6) is 0. The number of methoxy groups -OCH3 is 1. The van der Waals surface area contributed by atoms with Crippen molar-refractivity contribution in [3.8, 4) is 0 Å². The highest BCUT2D eigenvalue weighted by Crippen LogP contribution is 2.09. The lowest BCUT2D eigenvalue weighted by Crippen LogP contribution is -2.18. The second-order valence-corrected chi connectivity index (χ2v) is 2.60. The fourth-order valence-electron chi connectivity index (χ4n) is 1.13. The molecule has 14 heavy (non-hydrogen) atoms. The van der Waals surface area contributed by atoms with Gasteiger partial charge in [0.2, 0.25) is 0 Å². The largest absolute Gasteiger partial charge is 0.533 e. The van der Waals surface area contributed by atoms with Crippen molar-refractivity contribution in [3.63, 3.8) is 0 Å². The fraction of sp³-hybridized carbons (Fsp3) is 0.111. The van der Waals surface area contributed by atoms with E-state index >= 15 is 0 Å². The Morgan fingerprint density at radius 3 is 3.00 bits per heavy atom. The molecule has 0 saturated heterocycles. The van der Waals surface area contributed by atoms with Crippen LogP contribution in [0.3, 0.4) is 0 Å². The molecule has 72 valence electrons. The lowest BCUT2D eigenvalue weighted by atomic mass is 10.3. The van der Waals surface area contributed by atoms with Gasteiger partial charge in [-0.3, -0.25) is 4.84 Å². The molecule has 1 aromatic carbocycles. The molecule has 0 aliphatic rings. The molecule has 1 heterocycles. The van der Waals surface area contributed by atoms with Gasteiger partial charge in [-0.2, -0.15) is 4.73 Å². The number of rotatable bonds is 1. The van der Waals surface area contributed by atoms with Crippen LogP contribution < -0.4 is 4.84 Å². The van der Waals surface area contributed by atoms with Crippen LogP contribution in [-0.2, 0) is 4.74 Å². The Morgan fingerprint density at radius 1 is 1.43 bits per heavy atom. The maximum absolute atomic E-state index is 10.8. The SMILES string of the molecule is COC(=O)On1cnc2ccccc21. The monoisotopic (exact) mass is 192 g/mol. The lowest BCUT2D eigenvalue weighted by Gasteiger charge is -2.02. The number of para-hydroxylation sites is 2. The van der Waals surface area contributed by atoms with Crippen LogP contribution in [0.4, 0.5) is 4.79 Å². The molecule has 0 fully saturated rings. The van der Waals surface area contributed by atoms with Gasteiger partial charge in [-0.25, -0.2) is 9.78 Å². The molecule has 0 saturated carbocycles. The summed E-state index contributed by atoms with van der Waals surface area (Å²) in [6.45, 7) is 0. The molecule has 1 aromatic heterocycles. The zero-order valence-electron chi connectivity index (χ0n) is 7.51. The van der Waals surface area contributed by atoms with Crippen molar-refractivity contribution in [2.75, 3.05) is 7.11 Å². The van der Waals surface area contributed by atoms with Crippen molar-refractivity contribution in [1.82, 2.24) is 9.71 Å². The molecule has 2 aromatic rings. The number of aromatic nitrogens is 2. The quantitative estimate of drug-likeness (QED) is 0.637. The van der Waals surface area contributed by atoms with E-state index in [-0.39, 0.29) is 0 Å². The van der Waals surface area contributed by atoms with Gasteiger partial charge in [-0.15, -0.1) is 0 Å². The highest BCUT2D eigenvalue weighted by molar-refractivity contribution is 5.75. The van der Waals surface area contributed by atoms with Crippen LogP contribution in [0.15, 0.2) is 30.6 Å². The van der Waals surface area contributed by atoms with Crippen LogP contribution in [0.1, 0.15) is 0 Å². The van der Waals surface area contributed by atoms with Crippen molar-refractivity contribution >= 4 is 17.2 Å². The van der Waals surface area contributed by atoms with Gasteiger partial charge < -0.3 is 4.74 Å². The fourth-order valence-corrected chi connectivity index (χ4v) is 1.13. The minimum absolute atomic E-state index is 0.720. The summed E-state index contributed by atoms with van der Waals surface area (Å²) in [6, 6.07) is 7.32. The molecule has 0 unspecified atom stereocenters. The molecule has 0 atom stereocenters. The topological polar surface area (TPSA) is 53.4 Å². The number of hydrogen-bond donors (Lipinski definition) is 0. The first kappa shape index (κ1) is 8.55. The van der Waals surface area contributed by atoms with Crippen molar-refractivity contribution in [1.29, 1.82) is 0 Å². The number of nitrogens with zero attached hydrogens (tertiary/aromatic N) is 2. The average Bonchev–Trinajstić information content (AvgIpc) is 2.62. The minimum Gasteiger partial charge on any atom is -0.436 e. The standard InChI is InChI=1S/C9H8N2O3/c1-13-9(12)14-11-6-10-7-4-2-3-5-8(7)11/h2-6H,1H3. The van der Waals surface area contributed by atoms with E-state index in [1.807, 2.05) is 18.2 Å². The highest BCUT2D eigenvalue weighted by Gasteiger charge is 2.06. The Hall–Kier alpha value is -2.04. The highest BCUT2D eigenvalue weighted by atomic mass is 16.8. The Balaban J connectivity index is 2.38. The Morgan fingerprint density at radius 2 is 2.21 bits per heavy atom. The van der Waals surface area contributed by atoms with E-state index in [9.17, 15) is 4.79 Å². The summed E-state index contributed by atoms with van der Waals surface area (Å²) in [7, 11) is 1.25. The third-order valence-electron chi connectivity index (χ3n) is 1.76. The van der Waals surface area contributed by atoms with E-state index in [1.54, 1.807) is 6.07 Å². The van der Waals surface area contributed by atoms with Gasteiger partial charge in [0, 0.05) is 0 Å². The predicted octanol–water partition coefficient (Wildman–Crippen LogP) is 1.23. The van der Waals surface area contributed by atoms with Crippen LogP contribution in [-0.4, -0.2) is 23.0 Å². The number of hydrogen-bond acceptors (Lipinski definition) is 4. The van der Waals surface area contributed by atoms with Crippen LogP contribution in [0.2, 0.25) is 0 Å². The van der Waals surface area contributed by atoms with Gasteiger partial charge in [0.15, 0.2) is 0 Å². The summed E-state index contributed by atoms with van der Waals surface area (Å²) in [5.41, 5.74) is 1.48. The van der Waals surface area contributed by atoms with E-state index in [0.717, 1.165) is 11.0 Å². The van der Waals surface area contributed by atoms with E-state index in [1.165, 1.54) is 18.2 Å². The Kier molecular flexibility index (Phi) is 2.06. The number of ether oxygens (including phenoxy) is 1. The van der Waals surface area contributed by atoms with Crippen molar-refractivity contribution in [2.45, 2.75) is 0 Å². The first-order chi connectivity index (χ1) is 6.81. The molecule has 0 N–H and O–H groups in total. The molecule has 2 rings (SSSR count). The number of carbonyl (C=O) groups is 1. The summed E-state index contributed by atoms with van der Waals surface area (Å²) in [5, 5.41) is 0. The van der Waals surface area contributed by atoms with Crippen molar-refractivity contribution < 1.29 is 14.4 Å². The van der Waals surface area contributed by atoms with Gasteiger partial charge >= 0.3 is 6.16 Å². The van der Waals surface area contributed by atoms with Gasteiger partial charge in [0.25, 0.3) is 0 Å². The summed E-state index contributed by atoms with van der Waals surface area (Å²) < 4.78 is 5.63. The third kappa shape index (κ3) is 1.39. The average molecular weight is 192 g/mol. The zero-order chi connectivity index (χ0) is 9.97. The van der Waals surface area contributed by atoms with Gasteiger partial charge in [-0.1, -0.05) is 12.1 Å². The molecular weight excluding hydrogens is 184 g/mol. The van der Waals surface area contributed by atoms with E-state index < -0.39 is 6.16 Å². The first-order valence-electron chi connectivity index (χ1n) is 3.99. The summed E-state index contributed by atoms with van der Waals surface area (Å²) in [4.78, 5) is 19.7. The Bertz CT molecular complexity index is 464. The lowest BCUT2D eigenvalue weighted by molar-refractivity contribution is 0.0676. The summed E-state index contributed by atoms with van der Waals surface area (Å²) >= 11 is 0. The molecule has 0 aliphatic heterocycles. The van der Waals surface area contributed by atoms with Gasteiger partial charge in [-0.05, 0) is 12.1 Å². The molecule has 0 aliphatic carbocycles. The second kappa shape index (κ2) is 3.37. The molecule has 0 amide bonds. The number of imidazole rings is 1. The van der Waals surface area contributed by atoms with E-state index in [2.05, 4.69) is 9.72 Å². The predicted molar refractivity (Wildman–Crippen MR) is 48.7 cm³/mol. The molecule has 0 radical (unpaired) electrons. The number of fused-ring (bicyclic) bond motifs is 1. The number of carbonyl (C=O) groups excluding carboxylic acids is 1. The maximum Gasteiger partial charge on any atom is 0.533 e. The van der Waals surface area contributed by atoms with Crippen LogP contribution in [0.25, 0.3) is 11.0 Å². The molecule has 0 spiro atoms. The molecule has 5 heteroatoms. The number of benzene rings is 1. The van der Waals surface area contributed by atoms with E-state index in [0.29, 0.717) is 0 Å². The normalized spacial score (nSPS) is 10.1. The molecule has 5 nitrogen and oxygen atoms in total. The first-order valence-corrected chi connectivity index (χ1v) is 3.99. The summed E-state index contributed by atoms with van der Waals surface area (Å²) in [6.07, 6.45) is 0.648. The van der Waals surface area contributed by atoms with Gasteiger partial charge in [0.05, 0.1) is 12.6 Å². The maximum atomic E-state index is 10.8. The smallest absolute Gasteiger partial charge is 0.436 e. The van der Waals surface area contributed by atoms with Crippen molar-refractivity contribution in [3.05, 3.63) is 30.6 Å². The minimum atomic E-state index is -0.770. The molecule has 0 bridgehead atoms. The zero-order valence-corrected chi connectivity index (χ0v) is 7.51. The second-order valence-electron chi connectivity index (χ2n) is 2.60.